The molecule has 0 bridgehead atoms. The molecule has 1 fully saturated rings. The average molecular weight is 427 g/mol. The Morgan fingerprint density at radius 3 is 2.29 bits per heavy atom. The molecule has 7 heteroatoms. The van der Waals surface area contributed by atoms with Gasteiger partial charge >= 0.3 is 0 Å². The Morgan fingerprint density at radius 2 is 1.65 bits per heavy atom. The van der Waals surface area contributed by atoms with Crippen LogP contribution in [0.2, 0.25) is 0 Å². The Hall–Kier alpha value is -2.90. The number of para-hydroxylation sites is 1. The van der Waals surface area contributed by atoms with Crippen molar-refractivity contribution in [3.63, 3.8) is 0 Å². The second-order valence-electron chi connectivity index (χ2n) is 8.34. The third-order valence-electron chi connectivity index (χ3n) is 6.10. The maximum Gasteiger partial charge on any atom is 0.282 e. The number of nitrogens with one attached hydrogen (secondary N) is 4. The summed E-state index contributed by atoms with van der Waals surface area (Å²) in [6, 6.07) is 13.2. The summed E-state index contributed by atoms with van der Waals surface area (Å²) in [6.07, 6.45) is 0. The van der Waals surface area contributed by atoms with E-state index in [0.717, 1.165) is 48.7 Å². The lowest BCUT2D eigenvalue weighted by Crippen LogP contribution is -3.30. The minimum atomic E-state index is -0.156. The standard InChI is InChI=1S/C24H32N4O3/c1-17-7-5-8-18(2)23(17)26-22(29)16-27-11-13-28(14-12-27)19(3)24(30)25-20-9-6-10-21(15-20)31-4/h5-10,15,19H,11-14,16H2,1-4H3,(H,25,30)(H,26,29)/p+2/t19-/m0/s1. The Bertz CT molecular complexity index is 903. The number of anilines is 2. The first-order valence-electron chi connectivity index (χ1n) is 10.9. The van der Waals surface area contributed by atoms with Crippen molar-refractivity contribution in [2.24, 2.45) is 0 Å². The highest BCUT2D eigenvalue weighted by Crippen LogP contribution is 2.19. The molecule has 4 N–H and O–H groups in total. The van der Waals surface area contributed by atoms with Crippen molar-refractivity contribution in [3.8, 4) is 5.75 Å². The molecule has 1 atom stereocenters. The van der Waals surface area contributed by atoms with E-state index in [1.807, 2.05) is 63.2 Å². The number of aryl methyl sites for hydroxylation is 2. The van der Waals surface area contributed by atoms with Crippen molar-refractivity contribution < 1.29 is 24.1 Å². The van der Waals surface area contributed by atoms with Crippen LogP contribution in [0.4, 0.5) is 11.4 Å². The van der Waals surface area contributed by atoms with E-state index >= 15 is 0 Å². The van der Waals surface area contributed by atoms with Gasteiger partial charge in [0.1, 0.15) is 31.9 Å². The van der Waals surface area contributed by atoms with Gasteiger partial charge in [0.2, 0.25) is 0 Å². The van der Waals surface area contributed by atoms with Crippen molar-refractivity contribution in [3.05, 3.63) is 53.6 Å². The normalized spacial score (nSPS) is 19.4. The van der Waals surface area contributed by atoms with Crippen molar-refractivity contribution >= 4 is 23.2 Å². The summed E-state index contributed by atoms with van der Waals surface area (Å²) in [6.45, 7) is 9.88. The van der Waals surface area contributed by atoms with Gasteiger partial charge in [-0.2, -0.15) is 0 Å². The highest BCUT2D eigenvalue weighted by atomic mass is 16.5. The SMILES string of the molecule is COc1cccc(NC(=O)[C@H](C)[NH+]2CC[NH+](CC(=O)Nc3c(C)cccc3C)CC2)c1. The van der Waals surface area contributed by atoms with E-state index < -0.39 is 0 Å². The summed E-state index contributed by atoms with van der Waals surface area (Å²) < 4.78 is 5.22. The summed E-state index contributed by atoms with van der Waals surface area (Å²) >= 11 is 0. The highest BCUT2D eigenvalue weighted by molar-refractivity contribution is 5.94. The molecule has 1 heterocycles. The van der Waals surface area contributed by atoms with Crippen molar-refractivity contribution in [1.29, 1.82) is 0 Å². The first-order chi connectivity index (χ1) is 14.9. The summed E-state index contributed by atoms with van der Waals surface area (Å²) in [7, 11) is 1.61. The van der Waals surface area contributed by atoms with Crippen LogP contribution in [0.15, 0.2) is 42.5 Å². The molecule has 31 heavy (non-hydrogen) atoms. The predicted octanol–water partition coefficient (Wildman–Crippen LogP) is 0.0611. The lowest BCUT2D eigenvalue weighted by Gasteiger charge is -2.32. The summed E-state index contributed by atoms with van der Waals surface area (Å²) in [5.74, 6) is 0.758. The van der Waals surface area contributed by atoms with Gasteiger partial charge in [0.25, 0.3) is 11.8 Å². The van der Waals surface area contributed by atoms with Crippen LogP contribution in [0, 0.1) is 13.8 Å². The van der Waals surface area contributed by atoms with Crippen LogP contribution in [0.3, 0.4) is 0 Å². The number of quaternary nitrogens is 2. The zero-order valence-corrected chi connectivity index (χ0v) is 18.9. The molecule has 2 aromatic carbocycles. The van der Waals surface area contributed by atoms with Crippen molar-refractivity contribution in [2.45, 2.75) is 26.8 Å². The first-order valence-corrected chi connectivity index (χ1v) is 10.9. The molecular weight excluding hydrogens is 392 g/mol. The minimum Gasteiger partial charge on any atom is -0.497 e. The van der Waals surface area contributed by atoms with E-state index in [-0.39, 0.29) is 17.9 Å². The van der Waals surface area contributed by atoms with Crippen LogP contribution in [-0.4, -0.2) is 57.7 Å². The van der Waals surface area contributed by atoms with Gasteiger partial charge < -0.3 is 25.2 Å². The van der Waals surface area contributed by atoms with Gasteiger partial charge in [-0.05, 0) is 44.0 Å². The Labute approximate surface area is 184 Å². The molecule has 2 amide bonds. The molecule has 0 unspecified atom stereocenters. The van der Waals surface area contributed by atoms with Gasteiger partial charge in [0, 0.05) is 17.4 Å². The third kappa shape index (κ3) is 6.06. The Morgan fingerprint density at radius 1 is 1.00 bits per heavy atom. The molecule has 3 rings (SSSR count). The van der Waals surface area contributed by atoms with Crippen LogP contribution >= 0.6 is 0 Å². The lowest BCUT2D eigenvalue weighted by molar-refractivity contribution is -1.01. The molecule has 0 radical (unpaired) electrons. The molecular formula is C24H34N4O3+2. The van der Waals surface area contributed by atoms with Crippen molar-refractivity contribution in [1.82, 2.24) is 0 Å². The van der Waals surface area contributed by atoms with Gasteiger partial charge in [-0.3, -0.25) is 9.59 Å². The predicted molar refractivity (Wildman–Crippen MR) is 122 cm³/mol. The van der Waals surface area contributed by atoms with Crippen molar-refractivity contribution in [2.75, 3.05) is 50.5 Å². The number of ether oxygens (including phenoxy) is 1. The number of rotatable bonds is 7. The number of piperazine rings is 1. The zero-order chi connectivity index (χ0) is 22.4. The van der Waals surface area contributed by atoms with E-state index in [1.165, 1.54) is 9.80 Å². The lowest BCUT2D eigenvalue weighted by atomic mass is 10.1. The second kappa shape index (κ2) is 10.4. The highest BCUT2D eigenvalue weighted by Gasteiger charge is 2.32. The van der Waals surface area contributed by atoms with E-state index in [2.05, 4.69) is 10.6 Å². The number of amides is 2. The second-order valence-corrected chi connectivity index (χ2v) is 8.34. The zero-order valence-electron chi connectivity index (χ0n) is 18.9. The fourth-order valence-corrected chi connectivity index (χ4v) is 4.09. The van der Waals surface area contributed by atoms with Gasteiger partial charge in [-0.25, -0.2) is 0 Å². The average Bonchev–Trinajstić information content (AvgIpc) is 2.76. The maximum atomic E-state index is 12.7. The van der Waals surface area contributed by atoms with Crippen LogP contribution in [-0.2, 0) is 9.59 Å². The Balaban J connectivity index is 1.47. The largest absolute Gasteiger partial charge is 0.497 e. The molecule has 1 aliphatic rings. The molecule has 166 valence electrons. The van der Waals surface area contributed by atoms with Gasteiger partial charge in [0.05, 0.1) is 7.11 Å². The molecule has 0 spiro atoms. The topological polar surface area (TPSA) is 76.3 Å². The number of hydrogen-bond acceptors (Lipinski definition) is 3. The van der Waals surface area contributed by atoms with E-state index in [9.17, 15) is 9.59 Å². The van der Waals surface area contributed by atoms with E-state index in [1.54, 1.807) is 7.11 Å². The quantitative estimate of drug-likeness (QED) is 0.506. The Kier molecular flexibility index (Phi) is 7.65. The minimum absolute atomic E-state index is 0.000487. The first kappa shape index (κ1) is 22.8. The van der Waals surface area contributed by atoms with Crippen LogP contribution < -0.4 is 25.2 Å². The molecule has 1 saturated heterocycles. The smallest absolute Gasteiger partial charge is 0.282 e. The molecule has 7 nitrogen and oxygen atoms in total. The fraction of sp³-hybridized carbons (Fsp3) is 0.417. The molecule has 0 aliphatic carbocycles. The molecule has 0 saturated carbocycles. The summed E-state index contributed by atoms with van der Waals surface area (Å²) in [5.41, 5.74) is 3.81. The van der Waals surface area contributed by atoms with Crippen LogP contribution in [0.25, 0.3) is 0 Å². The van der Waals surface area contributed by atoms with E-state index in [0.29, 0.717) is 12.3 Å². The maximum absolute atomic E-state index is 12.7. The number of carbonyl (C=O) groups excluding carboxylic acids is 2. The number of benzene rings is 2. The van der Waals surface area contributed by atoms with Gasteiger partial charge in [-0.1, -0.05) is 24.3 Å². The van der Waals surface area contributed by atoms with Crippen LogP contribution in [0.5, 0.6) is 5.75 Å². The summed E-state index contributed by atoms with van der Waals surface area (Å²) in [5, 5.41) is 6.06. The summed E-state index contributed by atoms with van der Waals surface area (Å²) in [4.78, 5) is 27.8. The number of hydrogen-bond donors (Lipinski definition) is 4. The fourth-order valence-electron chi connectivity index (χ4n) is 4.09. The number of carbonyl (C=O) groups is 2. The molecule has 2 aromatic rings. The van der Waals surface area contributed by atoms with Crippen LogP contribution in [0.1, 0.15) is 18.1 Å². The van der Waals surface area contributed by atoms with Gasteiger partial charge in [-0.15, -0.1) is 0 Å². The number of methoxy groups -OCH3 is 1. The van der Waals surface area contributed by atoms with E-state index in [4.69, 9.17) is 4.74 Å². The van der Waals surface area contributed by atoms with Gasteiger partial charge in [0.15, 0.2) is 12.6 Å². The molecule has 0 aromatic heterocycles. The third-order valence-corrected chi connectivity index (χ3v) is 6.10. The molecule has 1 aliphatic heterocycles. The monoisotopic (exact) mass is 426 g/mol.